The normalized spacial score (nSPS) is 11.1. The number of aromatic nitrogens is 2. The molecule has 0 saturated heterocycles. The number of amides is 1. The second-order valence-corrected chi connectivity index (χ2v) is 6.53. The van der Waals surface area contributed by atoms with Gasteiger partial charge in [0.1, 0.15) is 11.6 Å². The van der Waals surface area contributed by atoms with Gasteiger partial charge < -0.3 is 5.32 Å². The highest BCUT2D eigenvalue weighted by Crippen LogP contribution is 2.23. The second kappa shape index (κ2) is 7.60. The van der Waals surface area contributed by atoms with Gasteiger partial charge in [0, 0.05) is 16.0 Å². The van der Waals surface area contributed by atoms with Gasteiger partial charge in [-0.2, -0.15) is 10.4 Å². The van der Waals surface area contributed by atoms with Crippen LogP contribution in [0.2, 0.25) is 0 Å². The van der Waals surface area contributed by atoms with E-state index < -0.39 is 5.91 Å². The zero-order valence-corrected chi connectivity index (χ0v) is 14.4. The summed E-state index contributed by atoms with van der Waals surface area (Å²) >= 11 is 1.56. The Morgan fingerprint density at radius 3 is 2.84 bits per heavy atom. The van der Waals surface area contributed by atoms with Crippen LogP contribution in [0.5, 0.6) is 0 Å². The first kappa shape index (κ1) is 16.7. The van der Waals surface area contributed by atoms with E-state index in [4.69, 9.17) is 0 Å². The maximum Gasteiger partial charge on any atom is 0.262 e. The maximum absolute atomic E-state index is 12.3. The Labute approximate surface area is 149 Å². The van der Waals surface area contributed by atoms with Crippen molar-refractivity contribution >= 4 is 23.3 Å². The Morgan fingerprint density at radius 2 is 2.16 bits per heavy atom. The van der Waals surface area contributed by atoms with Gasteiger partial charge in [-0.25, -0.2) is 0 Å². The van der Waals surface area contributed by atoms with Gasteiger partial charge in [-0.05, 0) is 24.4 Å². The van der Waals surface area contributed by atoms with E-state index >= 15 is 0 Å². The number of rotatable bonds is 5. The van der Waals surface area contributed by atoms with Crippen LogP contribution >= 0.6 is 11.3 Å². The van der Waals surface area contributed by atoms with Gasteiger partial charge in [0.05, 0.1) is 18.4 Å². The summed E-state index contributed by atoms with van der Waals surface area (Å²) in [6.45, 7) is 2.43. The number of nitrogens with one attached hydrogen (secondary N) is 2. The highest BCUT2D eigenvalue weighted by molar-refractivity contribution is 7.09. The van der Waals surface area contributed by atoms with Crippen LogP contribution < -0.4 is 5.32 Å². The molecule has 2 N–H and O–H groups in total. The van der Waals surface area contributed by atoms with Crippen molar-refractivity contribution < 1.29 is 4.79 Å². The van der Waals surface area contributed by atoms with E-state index in [9.17, 15) is 10.1 Å². The molecule has 3 aromatic rings. The van der Waals surface area contributed by atoms with Gasteiger partial charge >= 0.3 is 0 Å². The second-order valence-electron chi connectivity index (χ2n) is 5.50. The molecule has 0 saturated carbocycles. The zero-order chi connectivity index (χ0) is 17.6. The van der Waals surface area contributed by atoms with Gasteiger partial charge in [-0.15, -0.1) is 11.3 Å². The number of aryl methyl sites for hydroxylation is 1. The minimum Gasteiger partial charge on any atom is -0.347 e. The SMILES string of the molecule is Cc1ccc(-c2[nH]ncc2/C=C(/C#N)C(=O)NCc2cccs2)cc1. The summed E-state index contributed by atoms with van der Waals surface area (Å²) in [6, 6.07) is 13.8. The molecular formula is C19H16N4OS. The number of nitrogens with zero attached hydrogens (tertiary/aromatic N) is 2. The van der Waals surface area contributed by atoms with Crippen molar-refractivity contribution in [3.05, 3.63) is 69.6 Å². The molecule has 25 heavy (non-hydrogen) atoms. The number of aromatic amines is 1. The number of hydrogen-bond acceptors (Lipinski definition) is 4. The monoisotopic (exact) mass is 348 g/mol. The van der Waals surface area contributed by atoms with Gasteiger partial charge in [-0.1, -0.05) is 35.9 Å². The topological polar surface area (TPSA) is 81.6 Å². The highest BCUT2D eigenvalue weighted by atomic mass is 32.1. The van der Waals surface area contributed by atoms with Crippen molar-refractivity contribution in [3.63, 3.8) is 0 Å². The van der Waals surface area contributed by atoms with Gasteiger partial charge in [0.2, 0.25) is 0 Å². The molecule has 5 nitrogen and oxygen atoms in total. The van der Waals surface area contributed by atoms with Gasteiger partial charge in [-0.3, -0.25) is 9.89 Å². The number of carbonyl (C=O) groups is 1. The molecule has 6 heteroatoms. The van der Waals surface area contributed by atoms with Crippen molar-refractivity contribution in [1.82, 2.24) is 15.5 Å². The van der Waals surface area contributed by atoms with Crippen molar-refractivity contribution in [2.24, 2.45) is 0 Å². The first-order valence-corrected chi connectivity index (χ1v) is 8.58. The molecule has 0 unspecified atom stereocenters. The molecule has 0 aliphatic heterocycles. The lowest BCUT2D eigenvalue weighted by atomic mass is 10.0. The Bertz CT molecular complexity index is 931. The first-order valence-electron chi connectivity index (χ1n) is 7.70. The maximum atomic E-state index is 12.3. The predicted molar refractivity (Wildman–Crippen MR) is 98.5 cm³/mol. The Morgan fingerprint density at radius 1 is 1.36 bits per heavy atom. The molecule has 0 radical (unpaired) electrons. The molecule has 0 spiro atoms. The number of nitriles is 1. The van der Waals surface area contributed by atoms with Gasteiger partial charge in [0.25, 0.3) is 5.91 Å². The summed E-state index contributed by atoms with van der Waals surface area (Å²) in [7, 11) is 0. The van der Waals surface area contributed by atoms with E-state index in [0.717, 1.165) is 21.7 Å². The largest absolute Gasteiger partial charge is 0.347 e. The molecule has 2 aromatic heterocycles. The standard InChI is InChI=1S/C19H16N4OS/c1-13-4-6-14(7-5-13)18-16(11-22-23-18)9-15(10-20)19(24)21-12-17-3-2-8-25-17/h2-9,11H,12H2,1H3,(H,21,24)(H,22,23)/b15-9-. The minimum absolute atomic E-state index is 0.0475. The van der Waals surface area contributed by atoms with Crippen molar-refractivity contribution in [1.29, 1.82) is 5.26 Å². The Hall–Kier alpha value is -3.17. The lowest BCUT2D eigenvalue weighted by Gasteiger charge is -2.03. The summed E-state index contributed by atoms with van der Waals surface area (Å²) in [5, 5.41) is 21.0. The lowest BCUT2D eigenvalue weighted by molar-refractivity contribution is -0.117. The third-order valence-corrected chi connectivity index (χ3v) is 4.55. The molecule has 0 fully saturated rings. The van der Waals surface area contributed by atoms with E-state index in [-0.39, 0.29) is 5.57 Å². The highest BCUT2D eigenvalue weighted by Gasteiger charge is 2.12. The van der Waals surface area contributed by atoms with Crippen LogP contribution in [-0.4, -0.2) is 16.1 Å². The number of benzene rings is 1. The number of thiophene rings is 1. The summed E-state index contributed by atoms with van der Waals surface area (Å²) in [6.07, 6.45) is 3.17. The van der Waals surface area contributed by atoms with Crippen LogP contribution in [-0.2, 0) is 11.3 Å². The molecule has 0 bridgehead atoms. The quantitative estimate of drug-likeness (QED) is 0.545. The van der Waals surface area contributed by atoms with Gasteiger partial charge in [0.15, 0.2) is 0 Å². The van der Waals surface area contributed by atoms with E-state index in [0.29, 0.717) is 12.1 Å². The summed E-state index contributed by atoms with van der Waals surface area (Å²) < 4.78 is 0. The average Bonchev–Trinajstić information content (AvgIpc) is 3.30. The first-order chi connectivity index (χ1) is 12.2. The molecular weight excluding hydrogens is 332 g/mol. The fourth-order valence-electron chi connectivity index (χ4n) is 2.34. The van der Waals surface area contributed by atoms with Crippen molar-refractivity contribution in [2.45, 2.75) is 13.5 Å². The molecule has 0 atom stereocenters. The predicted octanol–water partition coefficient (Wildman–Crippen LogP) is 3.67. The summed E-state index contributed by atoms with van der Waals surface area (Å²) in [5.41, 5.74) is 3.63. The average molecular weight is 348 g/mol. The molecule has 2 heterocycles. The van der Waals surface area contributed by atoms with Crippen LogP contribution in [0.4, 0.5) is 0 Å². The van der Waals surface area contributed by atoms with Crippen LogP contribution in [0.1, 0.15) is 16.0 Å². The van der Waals surface area contributed by atoms with E-state index in [2.05, 4.69) is 15.5 Å². The number of H-pyrrole nitrogens is 1. The number of hydrogen-bond donors (Lipinski definition) is 2. The molecule has 0 aliphatic rings. The fourth-order valence-corrected chi connectivity index (χ4v) is 2.98. The lowest BCUT2D eigenvalue weighted by Crippen LogP contribution is -2.23. The third-order valence-electron chi connectivity index (χ3n) is 3.68. The molecule has 124 valence electrons. The Balaban J connectivity index is 1.81. The smallest absolute Gasteiger partial charge is 0.262 e. The third kappa shape index (κ3) is 4.03. The number of carbonyl (C=O) groups excluding carboxylic acids is 1. The van der Waals surface area contributed by atoms with E-state index in [1.54, 1.807) is 23.6 Å². The molecule has 1 aromatic carbocycles. The summed E-state index contributed by atoms with van der Waals surface area (Å²) in [5.74, 6) is -0.396. The van der Waals surface area contributed by atoms with Crippen LogP contribution in [0.25, 0.3) is 17.3 Å². The van der Waals surface area contributed by atoms with Crippen LogP contribution in [0, 0.1) is 18.3 Å². The van der Waals surface area contributed by atoms with E-state index in [1.165, 1.54) is 0 Å². The van der Waals surface area contributed by atoms with Crippen LogP contribution in [0.3, 0.4) is 0 Å². The Kier molecular flexibility index (Phi) is 5.07. The zero-order valence-electron chi connectivity index (χ0n) is 13.6. The molecule has 1 amide bonds. The molecule has 0 aliphatic carbocycles. The van der Waals surface area contributed by atoms with Crippen molar-refractivity contribution in [2.75, 3.05) is 0 Å². The van der Waals surface area contributed by atoms with Crippen LogP contribution in [0.15, 0.2) is 53.5 Å². The van der Waals surface area contributed by atoms with Crippen molar-refractivity contribution in [3.8, 4) is 17.3 Å². The minimum atomic E-state index is -0.396. The van der Waals surface area contributed by atoms with E-state index in [1.807, 2.05) is 54.8 Å². The molecule has 3 rings (SSSR count). The fraction of sp³-hybridized carbons (Fsp3) is 0.105. The summed E-state index contributed by atoms with van der Waals surface area (Å²) in [4.78, 5) is 13.3.